The van der Waals surface area contributed by atoms with Crippen molar-refractivity contribution in [1.29, 1.82) is 0 Å². The molecule has 1 heterocycles. The quantitative estimate of drug-likeness (QED) is 0.904. The van der Waals surface area contributed by atoms with Crippen LogP contribution in [-0.4, -0.2) is 10.1 Å². The van der Waals surface area contributed by atoms with Gasteiger partial charge in [-0.25, -0.2) is 0 Å². The Morgan fingerprint density at radius 2 is 1.68 bits per heavy atom. The van der Waals surface area contributed by atoms with Crippen LogP contribution in [0.3, 0.4) is 0 Å². The minimum absolute atomic E-state index is 0.0340. The van der Waals surface area contributed by atoms with Gasteiger partial charge in [0.15, 0.2) is 5.82 Å². The highest BCUT2D eigenvalue weighted by Gasteiger charge is 2.34. The van der Waals surface area contributed by atoms with Crippen molar-refractivity contribution < 1.29 is 4.52 Å². The first-order chi connectivity index (χ1) is 9.15. The average Bonchev–Trinajstić information content (AvgIpc) is 3.15. The van der Waals surface area contributed by atoms with Gasteiger partial charge >= 0.3 is 0 Å². The summed E-state index contributed by atoms with van der Waals surface area (Å²) in [5.74, 6) is 4.28. The first-order valence-corrected chi connectivity index (χ1v) is 7.74. The van der Waals surface area contributed by atoms with Crippen LogP contribution in [0.25, 0.3) is 0 Å². The van der Waals surface area contributed by atoms with Crippen molar-refractivity contribution in [1.82, 2.24) is 10.1 Å². The molecule has 0 aliphatic heterocycles. The molecule has 1 aromatic heterocycles. The first-order valence-electron chi connectivity index (χ1n) is 7.74. The Hall–Kier alpha value is -0.900. The fourth-order valence-electron chi connectivity index (χ4n) is 3.25. The van der Waals surface area contributed by atoms with Gasteiger partial charge in [-0.3, -0.25) is 0 Å². The fourth-order valence-corrected chi connectivity index (χ4v) is 3.25. The molecule has 1 aromatic rings. The number of hydrogen-bond donors (Lipinski definition) is 1. The van der Waals surface area contributed by atoms with E-state index in [0.717, 1.165) is 17.7 Å². The number of nitrogens with zero attached hydrogens (tertiary/aromatic N) is 2. The zero-order chi connectivity index (χ0) is 13.4. The molecule has 2 saturated carbocycles. The van der Waals surface area contributed by atoms with Crippen molar-refractivity contribution in [2.75, 3.05) is 0 Å². The van der Waals surface area contributed by atoms with Gasteiger partial charge in [-0.1, -0.05) is 19.0 Å². The van der Waals surface area contributed by atoms with Crippen LogP contribution in [0.2, 0.25) is 0 Å². The lowest BCUT2D eigenvalue weighted by atomic mass is 9.77. The predicted molar refractivity (Wildman–Crippen MR) is 73.5 cm³/mol. The standard InChI is InChI=1S/C15H25N3O/c1-9(2)10-3-7-12(8-4-10)14-17-15(19-18-14)13(16)11-5-6-11/h9-13H,3-8,16H2,1-2H3. The second-order valence-electron chi connectivity index (χ2n) is 6.71. The second-order valence-corrected chi connectivity index (χ2v) is 6.71. The van der Waals surface area contributed by atoms with Crippen LogP contribution in [0.1, 0.15) is 76.0 Å². The molecule has 0 aromatic carbocycles. The van der Waals surface area contributed by atoms with Crippen LogP contribution in [0.5, 0.6) is 0 Å². The predicted octanol–water partition coefficient (Wildman–Crippen LogP) is 3.41. The fraction of sp³-hybridized carbons (Fsp3) is 0.867. The zero-order valence-corrected chi connectivity index (χ0v) is 12.0. The second kappa shape index (κ2) is 5.23. The molecule has 19 heavy (non-hydrogen) atoms. The van der Waals surface area contributed by atoms with Crippen molar-refractivity contribution in [2.45, 2.75) is 64.3 Å². The molecule has 0 bridgehead atoms. The smallest absolute Gasteiger partial charge is 0.243 e. The van der Waals surface area contributed by atoms with E-state index in [4.69, 9.17) is 10.3 Å². The molecule has 4 heteroatoms. The lowest BCUT2D eigenvalue weighted by molar-refractivity contribution is 0.251. The third kappa shape index (κ3) is 2.83. The summed E-state index contributed by atoms with van der Waals surface area (Å²) in [4.78, 5) is 4.56. The highest BCUT2D eigenvalue weighted by atomic mass is 16.5. The van der Waals surface area contributed by atoms with Crippen molar-refractivity contribution >= 4 is 0 Å². The normalized spacial score (nSPS) is 29.7. The molecule has 106 valence electrons. The molecular formula is C15H25N3O. The third-order valence-corrected chi connectivity index (χ3v) is 4.95. The van der Waals surface area contributed by atoms with E-state index < -0.39 is 0 Å². The minimum Gasteiger partial charge on any atom is -0.338 e. The van der Waals surface area contributed by atoms with Crippen LogP contribution in [0, 0.1) is 17.8 Å². The Morgan fingerprint density at radius 3 is 2.26 bits per heavy atom. The van der Waals surface area contributed by atoms with Crippen LogP contribution in [0.4, 0.5) is 0 Å². The Morgan fingerprint density at radius 1 is 1.05 bits per heavy atom. The maximum Gasteiger partial charge on any atom is 0.243 e. The summed E-state index contributed by atoms with van der Waals surface area (Å²) < 4.78 is 5.37. The van der Waals surface area contributed by atoms with Gasteiger partial charge in [0.1, 0.15) is 0 Å². The van der Waals surface area contributed by atoms with Crippen LogP contribution < -0.4 is 5.73 Å². The minimum atomic E-state index is -0.0340. The van der Waals surface area contributed by atoms with Crippen LogP contribution in [0.15, 0.2) is 4.52 Å². The largest absolute Gasteiger partial charge is 0.338 e. The summed E-state index contributed by atoms with van der Waals surface area (Å²) in [5.41, 5.74) is 6.11. The van der Waals surface area contributed by atoms with E-state index in [9.17, 15) is 0 Å². The Balaban J connectivity index is 1.60. The van der Waals surface area contributed by atoms with E-state index in [1.54, 1.807) is 0 Å². The Bertz CT molecular complexity index is 417. The van der Waals surface area contributed by atoms with Gasteiger partial charge in [-0.2, -0.15) is 4.98 Å². The molecule has 0 saturated heterocycles. The molecule has 0 radical (unpaired) electrons. The Labute approximate surface area is 115 Å². The molecule has 2 aliphatic rings. The van der Waals surface area contributed by atoms with E-state index in [2.05, 4.69) is 24.0 Å². The van der Waals surface area contributed by atoms with Crippen LogP contribution >= 0.6 is 0 Å². The molecule has 2 N–H and O–H groups in total. The maximum atomic E-state index is 6.11. The number of rotatable bonds is 4. The summed E-state index contributed by atoms with van der Waals surface area (Å²) in [6.45, 7) is 4.65. The lowest BCUT2D eigenvalue weighted by Crippen LogP contribution is -2.18. The van der Waals surface area contributed by atoms with Gasteiger partial charge in [-0.05, 0) is 56.3 Å². The molecule has 1 unspecified atom stereocenters. The highest BCUT2D eigenvalue weighted by molar-refractivity contribution is 5.02. The number of aromatic nitrogens is 2. The zero-order valence-electron chi connectivity index (χ0n) is 12.0. The van der Waals surface area contributed by atoms with E-state index in [1.165, 1.54) is 38.5 Å². The van der Waals surface area contributed by atoms with Gasteiger partial charge in [0, 0.05) is 5.92 Å². The van der Waals surface area contributed by atoms with Crippen molar-refractivity contribution in [3.63, 3.8) is 0 Å². The number of nitrogens with two attached hydrogens (primary N) is 1. The van der Waals surface area contributed by atoms with Gasteiger partial charge in [0.2, 0.25) is 5.89 Å². The summed E-state index contributed by atoms with van der Waals surface area (Å²) in [7, 11) is 0. The molecule has 3 rings (SSSR count). The monoisotopic (exact) mass is 263 g/mol. The summed E-state index contributed by atoms with van der Waals surface area (Å²) in [6, 6.07) is -0.0340. The lowest BCUT2D eigenvalue weighted by Gasteiger charge is -2.29. The van der Waals surface area contributed by atoms with E-state index in [1.807, 2.05) is 0 Å². The Kier molecular flexibility index (Phi) is 3.61. The molecule has 4 nitrogen and oxygen atoms in total. The first kappa shape index (κ1) is 13.1. The molecule has 0 spiro atoms. The van der Waals surface area contributed by atoms with Crippen molar-refractivity contribution in [2.24, 2.45) is 23.5 Å². The van der Waals surface area contributed by atoms with E-state index in [0.29, 0.717) is 17.7 Å². The average molecular weight is 263 g/mol. The number of hydrogen-bond acceptors (Lipinski definition) is 4. The summed E-state index contributed by atoms with van der Waals surface area (Å²) in [5, 5.41) is 4.17. The highest BCUT2D eigenvalue weighted by Crippen LogP contribution is 2.40. The van der Waals surface area contributed by atoms with Gasteiger partial charge < -0.3 is 10.3 Å². The SMILES string of the molecule is CC(C)C1CCC(c2noc(C(N)C3CC3)n2)CC1. The van der Waals surface area contributed by atoms with Crippen molar-refractivity contribution in [3.8, 4) is 0 Å². The topological polar surface area (TPSA) is 64.9 Å². The third-order valence-electron chi connectivity index (χ3n) is 4.95. The van der Waals surface area contributed by atoms with Gasteiger partial charge in [0.05, 0.1) is 6.04 Å². The molecule has 1 atom stereocenters. The molecule has 0 amide bonds. The van der Waals surface area contributed by atoms with E-state index in [-0.39, 0.29) is 6.04 Å². The van der Waals surface area contributed by atoms with Crippen molar-refractivity contribution in [3.05, 3.63) is 11.7 Å². The van der Waals surface area contributed by atoms with E-state index >= 15 is 0 Å². The van der Waals surface area contributed by atoms with Crippen LogP contribution in [-0.2, 0) is 0 Å². The maximum absolute atomic E-state index is 6.11. The summed E-state index contributed by atoms with van der Waals surface area (Å²) in [6.07, 6.45) is 7.39. The van der Waals surface area contributed by atoms with Gasteiger partial charge in [-0.15, -0.1) is 0 Å². The molecule has 2 fully saturated rings. The molecule has 2 aliphatic carbocycles. The van der Waals surface area contributed by atoms with Gasteiger partial charge in [0.25, 0.3) is 0 Å². The summed E-state index contributed by atoms with van der Waals surface area (Å²) >= 11 is 0. The molecular weight excluding hydrogens is 238 g/mol.